The van der Waals surface area contributed by atoms with Crippen molar-refractivity contribution in [2.24, 2.45) is 0 Å². The van der Waals surface area contributed by atoms with Crippen LogP contribution in [0.4, 0.5) is 22.9 Å². The van der Waals surface area contributed by atoms with E-state index in [1.54, 1.807) is 6.20 Å². The molecule has 1 aliphatic rings. The normalized spacial score (nSPS) is 13.5. The van der Waals surface area contributed by atoms with E-state index in [9.17, 15) is 4.79 Å². The standard InChI is InChI=1S/C34H36N6O2/c1-23(2)25-8-10-26(11-9-25)34(41)37-30-7-5-6-29(24(30)3)31-22-40-17-16-35-32(40)33(36-31)38(4)27-12-14-28(15-13-27)39-18-20-42-21-19-39/h5-17,22-23H,18-21H2,1-4H3,(H,37,41). The van der Waals surface area contributed by atoms with Gasteiger partial charge in [-0.3, -0.25) is 4.79 Å². The molecule has 0 radical (unpaired) electrons. The number of carbonyl (C=O) groups excluding carboxylic acids is 1. The Hall–Kier alpha value is -4.69. The van der Waals surface area contributed by atoms with Crippen LogP contribution in [0.15, 0.2) is 85.3 Å². The molecule has 2 aromatic heterocycles. The molecule has 214 valence electrons. The van der Waals surface area contributed by atoms with Crippen LogP contribution in [0.25, 0.3) is 16.9 Å². The molecule has 0 atom stereocenters. The van der Waals surface area contributed by atoms with Crippen LogP contribution < -0.4 is 15.1 Å². The molecule has 5 aromatic rings. The molecule has 0 aliphatic carbocycles. The number of benzene rings is 3. The number of anilines is 4. The van der Waals surface area contributed by atoms with E-state index >= 15 is 0 Å². The van der Waals surface area contributed by atoms with Gasteiger partial charge in [0.2, 0.25) is 0 Å². The zero-order chi connectivity index (χ0) is 29.2. The number of imidazole rings is 1. The quantitative estimate of drug-likeness (QED) is 0.239. The lowest BCUT2D eigenvalue weighted by atomic mass is 10.0. The monoisotopic (exact) mass is 560 g/mol. The van der Waals surface area contributed by atoms with Crippen molar-refractivity contribution in [1.29, 1.82) is 0 Å². The molecular formula is C34H36N6O2. The van der Waals surface area contributed by atoms with Crippen molar-refractivity contribution < 1.29 is 9.53 Å². The highest BCUT2D eigenvalue weighted by atomic mass is 16.5. The van der Waals surface area contributed by atoms with Gasteiger partial charge < -0.3 is 24.3 Å². The third-order valence-corrected chi connectivity index (χ3v) is 7.98. The number of aromatic nitrogens is 3. The van der Waals surface area contributed by atoms with Gasteiger partial charge in [-0.05, 0) is 66.4 Å². The lowest BCUT2D eigenvalue weighted by Gasteiger charge is -2.29. The summed E-state index contributed by atoms with van der Waals surface area (Å²) in [5.74, 6) is 1.03. The molecule has 1 fully saturated rings. The minimum atomic E-state index is -0.135. The van der Waals surface area contributed by atoms with Crippen molar-refractivity contribution in [2.45, 2.75) is 26.7 Å². The number of rotatable bonds is 7. The van der Waals surface area contributed by atoms with Gasteiger partial charge in [0, 0.05) is 66.9 Å². The van der Waals surface area contributed by atoms with Crippen LogP contribution in [-0.4, -0.2) is 53.6 Å². The predicted octanol–water partition coefficient (Wildman–Crippen LogP) is 6.68. The van der Waals surface area contributed by atoms with E-state index in [1.165, 1.54) is 11.3 Å². The topological polar surface area (TPSA) is 75.0 Å². The first kappa shape index (κ1) is 27.5. The van der Waals surface area contributed by atoms with E-state index in [0.29, 0.717) is 11.5 Å². The smallest absolute Gasteiger partial charge is 0.255 e. The van der Waals surface area contributed by atoms with Gasteiger partial charge in [0.15, 0.2) is 11.5 Å². The molecule has 6 rings (SSSR count). The summed E-state index contributed by atoms with van der Waals surface area (Å²) in [7, 11) is 2.01. The SMILES string of the molecule is Cc1c(NC(=O)c2ccc(C(C)C)cc2)cccc1-c1cn2ccnc2c(N(C)c2ccc(N3CCOCC3)cc2)n1. The van der Waals surface area contributed by atoms with Crippen molar-refractivity contribution >= 4 is 34.4 Å². The zero-order valence-electron chi connectivity index (χ0n) is 24.5. The highest BCUT2D eigenvalue weighted by Gasteiger charge is 2.18. The van der Waals surface area contributed by atoms with Gasteiger partial charge in [0.1, 0.15) is 0 Å². The van der Waals surface area contributed by atoms with Crippen LogP contribution in [0.5, 0.6) is 0 Å². The fourth-order valence-corrected chi connectivity index (χ4v) is 5.36. The first-order valence-corrected chi connectivity index (χ1v) is 14.4. The molecule has 1 saturated heterocycles. The number of nitrogens with one attached hydrogen (secondary N) is 1. The molecule has 1 N–H and O–H groups in total. The van der Waals surface area contributed by atoms with Gasteiger partial charge in [0.25, 0.3) is 5.91 Å². The summed E-state index contributed by atoms with van der Waals surface area (Å²) < 4.78 is 7.50. The average Bonchev–Trinajstić information content (AvgIpc) is 3.51. The van der Waals surface area contributed by atoms with Gasteiger partial charge in [-0.1, -0.05) is 38.1 Å². The minimum absolute atomic E-state index is 0.135. The second kappa shape index (κ2) is 11.7. The summed E-state index contributed by atoms with van der Waals surface area (Å²) >= 11 is 0. The minimum Gasteiger partial charge on any atom is -0.378 e. The fourth-order valence-electron chi connectivity index (χ4n) is 5.36. The van der Waals surface area contributed by atoms with Crippen molar-refractivity contribution in [3.63, 3.8) is 0 Å². The lowest BCUT2D eigenvalue weighted by molar-refractivity contribution is 0.102. The summed E-state index contributed by atoms with van der Waals surface area (Å²) in [4.78, 5) is 27.2. The first-order valence-electron chi connectivity index (χ1n) is 14.4. The van der Waals surface area contributed by atoms with E-state index in [2.05, 4.69) is 58.2 Å². The van der Waals surface area contributed by atoms with E-state index in [0.717, 1.165) is 66.0 Å². The Bertz CT molecular complexity index is 1700. The van der Waals surface area contributed by atoms with E-state index < -0.39 is 0 Å². The summed E-state index contributed by atoms with van der Waals surface area (Å²) in [6.45, 7) is 9.61. The Morgan fingerprint density at radius 2 is 1.74 bits per heavy atom. The number of morpholine rings is 1. The molecule has 1 aliphatic heterocycles. The van der Waals surface area contributed by atoms with Crippen LogP contribution in [0.2, 0.25) is 0 Å². The third-order valence-electron chi connectivity index (χ3n) is 7.98. The number of hydrogen-bond acceptors (Lipinski definition) is 6. The summed E-state index contributed by atoms with van der Waals surface area (Å²) in [6, 6.07) is 22.2. The Balaban J connectivity index is 1.29. The highest BCUT2D eigenvalue weighted by Crippen LogP contribution is 2.33. The van der Waals surface area contributed by atoms with E-state index in [-0.39, 0.29) is 5.91 Å². The zero-order valence-corrected chi connectivity index (χ0v) is 24.5. The number of carbonyl (C=O) groups is 1. The highest BCUT2D eigenvalue weighted by molar-refractivity contribution is 6.05. The van der Waals surface area contributed by atoms with Crippen molar-refractivity contribution in [3.05, 3.63) is 102 Å². The van der Waals surface area contributed by atoms with Crippen molar-refractivity contribution in [2.75, 3.05) is 48.5 Å². The molecule has 8 nitrogen and oxygen atoms in total. The molecule has 0 spiro atoms. The van der Waals surface area contributed by atoms with Crippen molar-refractivity contribution in [3.8, 4) is 11.3 Å². The second-order valence-corrected chi connectivity index (χ2v) is 11.0. The lowest BCUT2D eigenvalue weighted by Crippen LogP contribution is -2.36. The Morgan fingerprint density at radius 1 is 1.00 bits per heavy atom. The number of amides is 1. The summed E-state index contributed by atoms with van der Waals surface area (Å²) in [6.07, 6.45) is 5.70. The Morgan fingerprint density at radius 3 is 2.45 bits per heavy atom. The molecule has 42 heavy (non-hydrogen) atoms. The van der Waals surface area contributed by atoms with Crippen LogP contribution in [-0.2, 0) is 4.74 Å². The van der Waals surface area contributed by atoms with E-state index in [1.807, 2.05) is 73.2 Å². The van der Waals surface area contributed by atoms with Gasteiger partial charge in [-0.25, -0.2) is 9.97 Å². The third kappa shape index (κ3) is 5.45. The van der Waals surface area contributed by atoms with E-state index in [4.69, 9.17) is 9.72 Å². The van der Waals surface area contributed by atoms with Gasteiger partial charge in [-0.2, -0.15) is 0 Å². The van der Waals surface area contributed by atoms with Crippen LogP contribution in [0.1, 0.15) is 41.3 Å². The summed E-state index contributed by atoms with van der Waals surface area (Å²) in [5, 5.41) is 3.10. The van der Waals surface area contributed by atoms with Crippen LogP contribution >= 0.6 is 0 Å². The molecule has 3 heterocycles. The first-order chi connectivity index (χ1) is 20.4. The molecule has 1 amide bonds. The Kier molecular flexibility index (Phi) is 7.63. The molecule has 8 heteroatoms. The maximum absolute atomic E-state index is 13.1. The number of ether oxygens (including phenoxy) is 1. The molecule has 3 aromatic carbocycles. The fraction of sp³-hybridized carbons (Fsp3) is 0.265. The molecule has 0 bridgehead atoms. The maximum atomic E-state index is 13.1. The number of hydrogen-bond donors (Lipinski definition) is 1. The van der Waals surface area contributed by atoms with Crippen LogP contribution in [0.3, 0.4) is 0 Å². The van der Waals surface area contributed by atoms with Gasteiger partial charge >= 0.3 is 0 Å². The Labute approximate surface area is 246 Å². The van der Waals surface area contributed by atoms with Gasteiger partial charge in [0.05, 0.1) is 18.9 Å². The molecule has 0 saturated carbocycles. The molecular weight excluding hydrogens is 524 g/mol. The predicted molar refractivity (Wildman–Crippen MR) is 169 cm³/mol. The van der Waals surface area contributed by atoms with Crippen LogP contribution in [0, 0.1) is 6.92 Å². The average molecular weight is 561 g/mol. The van der Waals surface area contributed by atoms with Crippen molar-refractivity contribution in [1.82, 2.24) is 14.4 Å². The largest absolute Gasteiger partial charge is 0.378 e. The maximum Gasteiger partial charge on any atom is 0.255 e. The number of nitrogens with zero attached hydrogens (tertiary/aromatic N) is 5. The van der Waals surface area contributed by atoms with Gasteiger partial charge in [-0.15, -0.1) is 0 Å². The number of fused-ring (bicyclic) bond motifs is 1. The second-order valence-electron chi connectivity index (χ2n) is 11.0. The summed E-state index contributed by atoms with van der Waals surface area (Å²) in [5.41, 5.74) is 8.25. The molecule has 0 unspecified atom stereocenters.